The zero-order chi connectivity index (χ0) is 9.97. The minimum Gasteiger partial charge on any atom is -0.328 e. The normalized spacial score (nSPS) is 10.4. The summed E-state index contributed by atoms with van der Waals surface area (Å²) < 4.78 is 3.10. The Hall–Kier alpha value is -0.490. The van der Waals surface area contributed by atoms with Crippen LogP contribution in [0.15, 0.2) is 46.6 Å². The summed E-state index contributed by atoms with van der Waals surface area (Å²) in [6, 6.07) is 10.3. The fourth-order valence-electron chi connectivity index (χ4n) is 1.10. The van der Waals surface area contributed by atoms with E-state index in [1.54, 1.807) is 11.8 Å². The van der Waals surface area contributed by atoms with Gasteiger partial charge in [0.2, 0.25) is 0 Å². The average molecular weight is 316 g/mol. The van der Waals surface area contributed by atoms with E-state index in [9.17, 15) is 0 Å². The molecule has 72 valence electrons. The van der Waals surface area contributed by atoms with E-state index < -0.39 is 0 Å². The quantitative estimate of drug-likeness (QED) is 0.792. The number of hydrogen-bond acceptors (Lipinski definition) is 2. The van der Waals surface area contributed by atoms with Crippen molar-refractivity contribution >= 4 is 34.4 Å². The Morgan fingerprint density at radius 3 is 2.57 bits per heavy atom. The molecule has 0 saturated heterocycles. The van der Waals surface area contributed by atoms with Crippen LogP contribution in [0, 0.1) is 3.70 Å². The molecule has 2 rings (SSSR count). The first kappa shape index (κ1) is 10.0. The summed E-state index contributed by atoms with van der Waals surface area (Å²) in [6.45, 7) is 0. The molecule has 2 aromatic rings. The van der Waals surface area contributed by atoms with E-state index in [0.717, 1.165) is 3.70 Å². The van der Waals surface area contributed by atoms with Gasteiger partial charge < -0.3 is 4.57 Å². The van der Waals surface area contributed by atoms with Crippen LogP contribution in [0.3, 0.4) is 0 Å². The molecule has 4 heteroatoms. The van der Waals surface area contributed by atoms with Crippen molar-refractivity contribution in [2.24, 2.45) is 7.05 Å². The first-order valence-corrected chi connectivity index (χ1v) is 6.06. The highest BCUT2D eigenvalue weighted by atomic mass is 127. The number of rotatable bonds is 2. The largest absolute Gasteiger partial charge is 0.328 e. The molecule has 0 unspecified atom stereocenters. The lowest BCUT2D eigenvalue weighted by atomic mass is 10.4. The van der Waals surface area contributed by atoms with Crippen LogP contribution in [0.25, 0.3) is 0 Å². The average Bonchev–Trinajstić information content (AvgIpc) is 2.51. The molecule has 1 heterocycles. The van der Waals surface area contributed by atoms with Gasteiger partial charge in [-0.3, -0.25) is 0 Å². The molecule has 0 aliphatic rings. The molecule has 0 radical (unpaired) electrons. The van der Waals surface area contributed by atoms with Gasteiger partial charge in [0.1, 0.15) is 8.73 Å². The summed E-state index contributed by atoms with van der Waals surface area (Å²) in [5.74, 6) is 0. The molecule has 14 heavy (non-hydrogen) atoms. The molecule has 0 aliphatic heterocycles. The van der Waals surface area contributed by atoms with E-state index in [-0.39, 0.29) is 0 Å². The number of benzene rings is 1. The molecule has 0 spiro atoms. The Kier molecular flexibility index (Phi) is 3.12. The fourth-order valence-corrected chi connectivity index (χ4v) is 2.78. The van der Waals surface area contributed by atoms with E-state index in [1.165, 1.54) is 9.92 Å². The van der Waals surface area contributed by atoms with Crippen LogP contribution in [0.4, 0.5) is 0 Å². The molecular formula is C10H9IN2S. The third-order valence-electron chi connectivity index (χ3n) is 1.80. The molecule has 0 bridgehead atoms. The Balaban J connectivity index is 2.27. The monoisotopic (exact) mass is 316 g/mol. The molecule has 1 aromatic carbocycles. The predicted octanol–water partition coefficient (Wildman–Crippen LogP) is 3.18. The highest BCUT2D eigenvalue weighted by Gasteiger charge is 2.06. The summed E-state index contributed by atoms with van der Waals surface area (Å²) in [6.07, 6.45) is 1.84. The van der Waals surface area contributed by atoms with E-state index in [4.69, 9.17) is 0 Å². The first-order chi connectivity index (χ1) is 6.77. The van der Waals surface area contributed by atoms with Crippen molar-refractivity contribution < 1.29 is 0 Å². The lowest BCUT2D eigenvalue weighted by Gasteiger charge is -2.02. The second kappa shape index (κ2) is 4.35. The van der Waals surface area contributed by atoms with Crippen molar-refractivity contribution in [2.45, 2.75) is 9.92 Å². The summed E-state index contributed by atoms with van der Waals surface area (Å²) in [5, 5.41) is 1.19. The van der Waals surface area contributed by atoms with Gasteiger partial charge in [-0.05, 0) is 34.7 Å². The molecule has 1 aromatic heterocycles. The Morgan fingerprint density at radius 1 is 1.29 bits per heavy atom. The second-order valence-corrected chi connectivity index (χ2v) is 4.95. The SMILES string of the molecule is Cn1cnc(I)c1Sc1ccccc1. The van der Waals surface area contributed by atoms with Gasteiger partial charge in [0.05, 0.1) is 6.33 Å². The Bertz CT molecular complexity index is 405. The second-order valence-electron chi connectivity index (χ2n) is 2.87. The van der Waals surface area contributed by atoms with E-state index >= 15 is 0 Å². The van der Waals surface area contributed by atoms with Crippen molar-refractivity contribution in [3.05, 3.63) is 40.4 Å². The maximum atomic E-state index is 4.24. The molecule has 2 nitrogen and oxygen atoms in total. The topological polar surface area (TPSA) is 17.8 Å². The molecule has 0 amide bonds. The molecule has 0 N–H and O–H groups in total. The number of aromatic nitrogens is 2. The van der Waals surface area contributed by atoms with Crippen LogP contribution in [-0.4, -0.2) is 9.55 Å². The third-order valence-corrected chi connectivity index (χ3v) is 4.14. The van der Waals surface area contributed by atoms with Gasteiger partial charge in [0, 0.05) is 11.9 Å². The lowest BCUT2D eigenvalue weighted by Crippen LogP contribution is -1.87. The van der Waals surface area contributed by atoms with Gasteiger partial charge >= 0.3 is 0 Å². The van der Waals surface area contributed by atoms with Gasteiger partial charge in [-0.15, -0.1) is 0 Å². The summed E-state index contributed by atoms with van der Waals surface area (Å²) in [4.78, 5) is 5.49. The number of aryl methyl sites for hydroxylation is 1. The first-order valence-electron chi connectivity index (χ1n) is 4.17. The highest BCUT2D eigenvalue weighted by Crippen LogP contribution is 2.29. The number of halogens is 1. The Morgan fingerprint density at radius 2 is 2.00 bits per heavy atom. The number of nitrogens with zero attached hydrogens (tertiary/aromatic N) is 2. The van der Waals surface area contributed by atoms with Crippen molar-refractivity contribution in [1.29, 1.82) is 0 Å². The zero-order valence-electron chi connectivity index (χ0n) is 7.64. The Labute approximate surface area is 101 Å². The van der Waals surface area contributed by atoms with Crippen molar-refractivity contribution in [2.75, 3.05) is 0 Å². The zero-order valence-corrected chi connectivity index (χ0v) is 10.6. The van der Waals surface area contributed by atoms with Crippen LogP contribution >= 0.6 is 34.4 Å². The molecule has 0 atom stereocenters. The molecule has 0 fully saturated rings. The number of imidazole rings is 1. The van der Waals surface area contributed by atoms with Crippen LogP contribution in [0.2, 0.25) is 0 Å². The van der Waals surface area contributed by atoms with Crippen LogP contribution in [-0.2, 0) is 7.05 Å². The maximum Gasteiger partial charge on any atom is 0.133 e. The van der Waals surface area contributed by atoms with Crippen LogP contribution in [0.1, 0.15) is 0 Å². The third kappa shape index (κ3) is 2.12. The van der Waals surface area contributed by atoms with E-state index in [0.29, 0.717) is 0 Å². The van der Waals surface area contributed by atoms with Gasteiger partial charge in [-0.25, -0.2) is 4.98 Å². The smallest absolute Gasteiger partial charge is 0.133 e. The van der Waals surface area contributed by atoms with Gasteiger partial charge in [-0.1, -0.05) is 30.0 Å². The van der Waals surface area contributed by atoms with E-state index in [2.05, 4.69) is 39.7 Å². The van der Waals surface area contributed by atoms with Gasteiger partial charge in [0.15, 0.2) is 0 Å². The van der Waals surface area contributed by atoms with Crippen molar-refractivity contribution in [1.82, 2.24) is 9.55 Å². The van der Waals surface area contributed by atoms with Gasteiger partial charge in [-0.2, -0.15) is 0 Å². The summed E-state index contributed by atoms with van der Waals surface area (Å²) in [5.41, 5.74) is 0. The minimum absolute atomic E-state index is 1.05. The lowest BCUT2D eigenvalue weighted by molar-refractivity contribution is 0.820. The fraction of sp³-hybridized carbons (Fsp3) is 0.100. The van der Waals surface area contributed by atoms with Crippen molar-refractivity contribution in [3.63, 3.8) is 0 Å². The molecular weight excluding hydrogens is 307 g/mol. The maximum absolute atomic E-state index is 4.24. The van der Waals surface area contributed by atoms with Crippen LogP contribution in [0.5, 0.6) is 0 Å². The molecule has 0 aliphatic carbocycles. The summed E-state index contributed by atoms with van der Waals surface area (Å²) >= 11 is 4.00. The predicted molar refractivity (Wildman–Crippen MR) is 66.5 cm³/mol. The number of hydrogen-bond donors (Lipinski definition) is 0. The highest BCUT2D eigenvalue weighted by molar-refractivity contribution is 14.1. The summed E-state index contributed by atoms with van der Waals surface area (Å²) in [7, 11) is 2.01. The molecule has 0 saturated carbocycles. The standard InChI is InChI=1S/C10H9IN2S/c1-13-7-12-9(11)10(13)14-8-5-3-2-4-6-8/h2-7H,1H3. The van der Waals surface area contributed by atoms with E-state index in [1.807, 2.05) is 36.1 Å². The van der Waals surface area contributed by atoms with Gasteiger partial charge in [0.25, 0.3) is 0 Å². The minimum atomic E-state index is 1.05. The van der Waals surface area contributed by atoms with Crippen LogP contribution < -0.4 is 0 Å². The van der Waals surface area contributed by atoms with Crippen molar-refractivity contribution in [3.8, 4) is 0 Å².